The average molecular weight is 209 g/mol. The van der Waals surface area contributed by atoms with Gasteiger partial charge in [0.2, 0.25) is 0 Å². The zero-order valence-corrected chi connectivity index (χ0v) is 9.60. The van der Waals surface area contributed by atoms with E-state index in [2.05, 4.69) is 4.98 Å². The van der Waals surface area contributed by atoms with Crippen LogP contribution in [0.2, 0.25) is 0 Å². The number of hydrogen-bond acceptors (Lipinski definition) is 3. The van der Waals surface area contributed by atoms with Gasteiger partial charge in [-0.25, -0.2) is 4.98 Å². The molecule has 2 atom stereocenters. The molecule has 0 spiro atoms. The van der Waals surface area contributed by atoms with Crippen molar-refractivity contribution in [2.24, 2.45) is 18.7 Å². The largest absolute Gasteiger partial charge is 0.338 e. The normalized spacial score (nSPS) is 14.9. The molecule has 2 N–H and O–H groups in total. The number of aromatic nitrogens is 2. The highest BCUT2D eigenvalue weighted by Gasteiger charge is 2.17. The van der Waals surface area contributed by atoms with Crippen molar-refractivity contribution in [3.05, 3.63) is 18.2 Å². The van der Waals surface area contributed by atoms with E-state index in [1.54, 1.807) is 6.20 Å². The van der Waals surface area contributed by atoms with Crippen LogP contribution < -0.4 is 5.73 Å². The van der Waals surface area contributed by atoms with Gasteiger partial charge in [-0.05, 0) is 6.92 Å². The number of hydrogen-bond donors (Lipinski definition) is 1. The predicted molar refractivity (Wildman–Crippen MR) is 59.3 cm³/mol. The molecule has 1 heterocycles. The molecule has 0 bridgehead atoms. The third-order valence-corrected chi connectivity index (χ3v) is 2.81. The van der Waals surface area contributed by atoms with Crippen molar-refractivity contribution in [3.8, 4) is 0 Å². The topological polar surface area (TPSA) is 60.9 Å². The van der Waals surface area contributed by atoms with E-state index < -0.39 is 0 Å². The van der Waals surface area contributed by atoms with Crippen LogP contribution in [0.4, 0.5) is 0 Å². The number of carbonyl (C=O) groups is 1. The van der Waals surface area contributed by atoms with Crippen LogP contribution in [0.25, 0.3) is 0 Å². The predicted octanol–water partition coefficient (Wildman–Crippen LogP) is 0.905. The summed E-state index contributed by atoms with van der Waals surface area (Å²) in [6, 6.07) is -0.0705. The number of aryl methyl sites for hydroxylation is 2. The SMILES string of the molecule is CC(N)C(C)C(=O)CCc1nccn1C. The van der Waals surface area contributed by atoms with Crippen molar-refractivity contribution < 1.29 is 4.79 Å². The lowest BCUT2D eigenvalue weighted by Crippen LogP contribution is -2.30. The van der Waals surface area contributed by atoms with Crippen molar-refractivity contribution in [3.63, 3.8) is 0 Å². The second-order valence-corrected chi connectivity index (χ2v) is 4.07. The zero-order chi connectivity index (χ0) is 11.4. The van der Waals surface area contributed by atoms with Gasteiger partial charge in [0.15, 0.2) is 0 Å². The highest BCUT2D eigenvalue weighted by molar-refractivity contribution is 5.81. The third kappa shape index (κ3) is 3.16. The summed E-state index contributed by atoms with van der Waals surface area (Å²) in [4.78, 5) is 15.8. The molecule has 1 aromatic rings. The number of nitrogens with two attached hydrogens (primary N) is 1. The molecule has 0 fully saturated rings. The van der Waals surface area contributed by atoms with Crippen LogP contribution >= 0.6 is 0 Å². The molecule has 0 aliphatic heterocycles. The van der Waals surface area contributed by atoms with Gasteiger partial charge in [-0.15, -0.1) is 0 Å². The first-order valence-corrected chi connectivity index (χ1v) is 5.27. The molecule has 0 aliphatic rings. The molecule has 15 heavy (non-hydrogen) atoms. The molecule has 0 aromatic carbocycles. The number of carbonyl (C=O) groups excluding carboxylic acids is 1. The molecule has 0 radical (unpaired) electrons. The molecule has 0 aliphatic carbocycles. The number of nitrogens with zero attached hydrogens (tertiary/aromatic N) is 2. The van der Waals surface area contributed by atoms with E-state index in [0.29, 0.717) is 12.8 Å². The summed E-state index contributed by atoms with van der Waals surface area (Å²) in [5.41, 5.74) is 5.67. The molecule has 0 saturated carbocycles. The van der Waals surface area contributed by atoms with E-state index in [1.165, 1.54) is 0 Å². The number of imidazole rings is 1. The van der Waals surface area contributed by atoms with Gasteiger partial charge in [0, 0.05) is 44.2 Å². The number of ketones is 1. The quantitative estimate of drug-likeness (QED) is 0.784. The summed E-state index contributed by atoms with van der Waals surface area (Å²) in [5.74, 6) is 1.10. The van der Waals surface area contributed by atoms with Crippen molar-refractivity contribution >= 4 is 5.78 Å². The maximum atomic E-state index is 11.7. The molecule has 1 aromatic heterocycles. The van der Waals surface area contributed by atoms with Crippen molar-refractivity contribution in [2.45, 2.75) is 32.7 Å². The van der Waals surface area contributed by atoms with Gasteiger partial charge < -0.3 is 10.3 Å². The molecule has 0 amide bonds. The van der Waals surface area contributed by atoms with Crippen molar-refractivity contribution in [1.29, 1.82) is 0 Å². The lowest BCUT2D eigenvalue weighted by molar-refractivity contribution is -0.122. The Hall–Kier alpha value is -1.16. The van der Waals surface area contributed by atoms with Crippen LogP contribution in [0.1, 0.15) is 26.1 Å². The Labute approximate surface area is 90.5 Å². The van der Waals surface area contributed by atoms with E-state index >= 15 is 0 Å². The fourth-order valence-corrected chi connectivity index (χ4v) is 1.39. The van der Waals surface area contributed by atoms with Crippen molar-refractivity contribution in [2.75, 3.05) is 0 Å². The first-order valence-electron chi connectivity index (χ1n) is 5.27. The minimum atomic E-state index is -0.0705. The van der Waals surface area contributed by atoms with Gasteiger partial charge in [-0.3, -0.25) is 4.79 Å². The van der Waals surface area contributed by atoms with Crippen LogP contribution in [0.15, 0.2) is 12.4 Å². The summed E-state index contributed by atoms with van der Waals surface area (Å²) in [7, 11) is 1.93. The van der Waals surface area contributed by atoms with Gasteiger partial charge in [0.1, 0.15) is 11.6 Å². The molecule has 4 heteroatoms. The highest BCUT2D eigenvalue weighted by atomic mass is 16.1. The standard InChI is InChI=1S/C11H19N3O/c1-8(9(2)12)10(15)4-5-11-13-6-7-14(11)3/h6-9H,4-5,12H2,1-3H3. The van der Waals surface area contributed by atoms with Crippen LogP contribution in [0.3, 0.4) is 0 Å². The zero-order valence-electron chi connectivity index (χ0n) is 9.60. The van der Waals surface area contributed by atoms with E-state index in [1.807, 2.05) is 31.7 Å². The average Bonchev–Trinajstić information content (AvgIpc) is 2.59. The minimum Gasteiger partial charge on any atom is -0.338 e. The summed E-state index contributed by atoms with van der Waals surface area (Å²) in [5, 5.41) is 0. The fourth-order valence-electron chi connectivity index (χ4n) is 1.39. The summed E-state index contributed by atoms with van der Waals surface area (Å²) < 4.78 is 1.93. The van der Waals surface area contributed by atoms with Gasteiger partial charge in [0.05, 0.1) is 0 Å². The van der Waals surface area contributed by atoms with Crippen molar-refractivity contribution in [1.82, 2.24) is 9.55 Å². The third-order valence-electron chi connectivity index (χ3n) is 2.81. The van der Waals surface area contributed by atoms with Gasteiger partial charge in [0.25, 0.3) is 0 Å². The Morgan fingerprint density at radius 2 is 2.27 bits per heavy atom. The van der Waals surface area contributed by atoms with Gasteiger partial charge >= 0.3 is 0 Å². The first kappa shape index (κ1) is 11.9. The van der Waals surface area contributed by atoms with E-state index in [0.717, 1.165) is 5.82 Å². The van der Waals surface area contributed by atoms with Gasteiger partial charge in [-0.2, -0.15) is 0 Å². The summed E-state index contributed by atoms with van der Waals surface area (Å²) in [6.45, 7) is 3.74. The lowest BCUT2D eigenvalue weighted by atomic mass is 9.96. The van der Waals surface area contributed by atoms with Crippen LogP contribution in [-0.4, -0.2) is 21.4 Å². The monoisotopic (exact) mass is 209 g/mol. The van der Waals surface area contributed by atoms with E-state index in [9.17, 15) is 4.79 Å². The molecule has 2 unspecified atom stereocenters. The summed E-state index contributed by atoms with van der Waals surface area (Å²) >= 11 is 0. The Kier molecular flexibility index (Phi) is 4.03. The molecule has 4 nitrogen and oxygen atoms in total. The van der Waals surface area contributed by atoms with Crippen LogP contribution in [-0.2, 0) is 18.3 Å². The Morgan fingerprint density at radius 1 is 1.60 bits per heavy atom. The summed E-state index contributed by atoms with van der Waals surface area (Å²) in [6.07, 6.45) is 4.84. The minimum absolute atomic E-state index is 0.0646. The Balaban J connectivity index is 2.44. The maximum Gasteiger partial charge on any atom is 0.137 e. The lowest BCUT2D eigenvalue weighted by Gasteiger charge is -2.13. The molecular formula is C11H19N3O. The Bertz CT molecular complexity index is 330. The maximum absolute atomic E-state index is 11.7. The second-order valence-electron chi connectivity index (χ2n) is 4.07. The van der Waals surface area contributed by atoms with E-state index in [-0.39, 0.29) is 17.7 Å². The van der Waals surface area contributed by atoms with E-state index in [4.69, 9.17) is 5.73 Å². The number of rotatable bonds is 5. The second kappa shape index (κ2) is 5.07. The molecule has 1 rings (SSSR count). The van der Waals surface area contributed by atoms with Crippen LogP contribution in [0, 0.1) is 5.92 Å². The highest BCUT2D eigenvalue weighted by Crippen LogP contribution is 2.07. The van der Waals surface area contributed by atoms with Gasteiger partial charge in [-0.1, -0.05) is 6.92 Å². The molecular weight excluding hydrogens is 190 g/mol. The first-order chi connectivity index (χ1) is 7.02. The number of Topliss-reactive ketones (excluding diaryl/α,β-unsaturated/α-hetero) is 1. The van der Waals surface area contributed by atoms with Crippen LogP contribution in [0.5, 0.6) is 0 Å². The fraction of sp³-hybridized carbons (Fsp3) is 0.636. The Morgan fingerprint density at radius 3 is 2.73 bits per heavy atom. The smallest absolute Gasteiger partial charge is 0.137 e. The molecule has 0 saturated heterocycles. The molecule has 84 valence electrons.